The molecule has 0 bridgehead atoms. The van der Waals surface area contributed by atoms with E-state index in [-0.39, 0.29) is 11.5 Å². The van der Waals surface area contributed by atoms with Crippen molar-refractivity contribution in [3.8, 4) is 0 Å². The molecule has 1 aliphatic carbocycles. The van der Waals surface area contributed by atoms with Gasteiger partial charge >= 0.3 is 0 Å². The van der Waals surface area contributed by atoms with Crippen molar-refractivity contribution in [2.45, 2.75) is 52.7 Å². The molecule has 0 aromatic carbocycles. The molecule has 90 valence electrons. The summed E-state index contributed by atoms with van der Waals surface area (Å²) in [6.07, 6.45) is 4.20. The van der Waals surface area contributed by atoms with Crippen molar-refractivity contribution in [1.82, 2.24) is 14.8 Å². The summed E-state index contributed by atoms with van der Waals surface area (Å²) in [6, 6.07) is 0. The van der Waals surface area contributed by atoms with Crippen LogP contribution in [-0.2, 0) is 13.0 Å². The van der Waals surface area contributed by atoms with Crippen LogP contribution in [0.3, 0.4) is 0 Å². The fourth-order valence-corrected chi connectivity index (χ4v) is 1.89. The van der Waals surface area contributed by atoms with Crippen LogP contribution >= 0.6 is 0 Å². The highest BCUT2D eigenvalue weighted by Gasteiger charge is 2.44. The van der Waals surface area contributed by atoms with Crippen molar-refractivity contribution in [1.29, 1.82) is 0 Å². The van der Waals surface area contributed by atoms with E-state index in [0.717, 1.165) is 25.2 Å². The van der Waals surface area contributed by atoms with Crippen molar-refractivity contribution in [2.24, 2.45) is 11.3 Å². The molecule has 2 rings (SSSR count). The lowest BCUT2D eigenvalue weighted by atomic mass is 9.99. The summed E-state index contributed by atoms with van der Waals surface area (Å²) in [5.74, 6) is 1.46. The quantitative estimate of drug-likeness (QED) is 0.825. The molecular weight excluding hydrogens is 202 g/mol. The maximum atomic E-state index is 10.1. The number of nitrogens with zero attached hydrogens (tertiary/aromatic N) is 3. The summed E-state index contributed by atoms with van der Waals surface area (Å²) in [7, 11) is 0. The summed E-state index contributed by atoms with van der Waals surface area (Å²) >= 11 is 0. The maximum absolute atomic E-state index is 10.1. The average Bonchev–Trinajstić information content (AvgIpc) is 2.81. The second-order valence-corrected chi connectivity index (χ2v) is 5.63. The van der Waals surface area contributed by atoms with Gasteiger partial charge in [0.1, 0.15) is 12.2 Å². The van der Waals surface area contributed by atoms with Crippen LogP contribution in [0.2, 0.25) is 0 Å². The van der Waals surface area contributed by atoms with E-state index < -0.39 is 0 Å². The van der Waals surface area contributed by atoms with E-state index in [1.54, 1.807) is 6.33 Å². The highest BCUT2D eigenvalue weighted by Crippen LogP contribution is 2.48. The van der Waals surface area contributed by atoms with E-state index in [1.165, 1.54) is 0 Å². The number of aliphatic hydroxyl groups excluding tert-OH is 1. The minimum Gasteiger partial charge on any atom is -0.392 e. The maximum Gasteiger partial charge on any atom is 0.138 e. The predicted octanol–water partition coefficient (Wildman–Crippen LogP) is 1.64. The van der Waals surface area contributed by atoms with Crippen LogP contribution in [0.5, 0.6) is 0 Å². The van der Waals surface area contributed by atoms with Gasteiger partial charge in [0.2, 0.25) is 0 Å². The summed E-state index contributed by atoms with van der Waals surface area (Å²) < 4.78 is 1.92. The summed E-state index contributed by atoms with van der Waals surface area (Å²) in [4.78, 5) is 4.24. The molecule has 0 amide bonds. The molecule has 0 radical (unpaired) electrons. The van der Waals surface area contributed by atoms with E-state index in [4.69, 9.17) is 0 Å². The zero-order valence-corrected chi connectivity index (χ0v) is 10.3. The monoisotopic (exact) mass is 223 g/mol. The molecular formula is C12H21N3O. The Bertz CT molecular complexity index is 355. The molecule has 1 saturated carbocycles. The highest BCUT2D eigenvalue weighted by atomic mass is 16.3. The van der Waals surface area contributed by atoms with Gasteiger partial charge in [-0.1, -0.05) is 20.8 Å². The van der Waals surface area contributed by atoms with Crippen molar-refractivity contribution < 1.29 is 5.11 Å². The highest BCUT2D eigenvalue weighted by molar-refractivity contribution is 5.00. The molecule has 1 N–H and O–H groups in total. The number of aromatic nitrogens is 3. The molecule has 1 atom stereocenters. The van der Waals surface area contributed by atoms with Crippen molar-refractivity contribution in [3.63, 3.8) is 0 Å². The Kier molecular flexibility index (Phi) is 3.02. The Hall–Kier alpha value is -0.900. The first-order chi connectivity index (χ1) is 7.51. The molecule has 1 fully saturated rings. The van der Waals surface area contributed by atoms with Crippen LogP contribution in [0, 0.1) is 11.3 Å². The minimum absolute atomic E-state index is 0.134. The standard InChI is InChI=1S/C12H21N3O/c1-9(2)7-15-11(13-8-14-15)6-10(16)12(3)4-5-12/h8-10,16H,4-7H2,1-3H3. The molecule has 0 spiro atoms. The number of aliphatic hydroxyl groups is 1. The van der Waals surface area contributed by atoms with Crippen LogP contribution in [0.1, 0.15) is 39.4 Å². The summed E-state index contributed by atoms with van der Waals surface area (Å²) in [6.45, 7) is 7.33. The van der Waals surface area contributed by atoms with Crippen LogP contribution in [0.15, 0.2) is 6.33 Å². The summed E-state index contributed by atoms with van der Waals surface area (Å²) in [5, 5.41) is 14.3. The third-order valence-electron chi connectivity index (χ3n) is 3.45. The van der Waals surface area contributed by atoms with Crippen LogP contribution in [0.4, 0.5) is 0 Å². The summed E-state index contributed by atoms with van der Waals surface area (Å²) in [5.41, 5.74) is 0.134. The van der Waals surface area contributed by atoms with Crippen LogP contribution in [0.25, 0.3) is 0 Å². The van der Waals surface area contributed by atoms with Gasteiger partial charge in [0.15, 0.2) is 0 Å². The van der Waals surface area contributed by atoms with Crippen LogP contribution < -0.4 is 0 Å². The predicted molar refractivity (Wildman–Crippen MR) is 61.9 cm³/mol. The SMILES string of the molecule is CC(C)Cn1ncnc1CC(O)C1(C)CC1. The van der Waals surface area contributed by atoms with Gasteiger partial charge in [-0.15, -0.1) is 0 Å². The number of rotatable bonds is 5. The van der Waals surface area contributed by atoms with E-state index in [1.807, 2.05) is 4.68 Å². The molecule has 0 saturated heterocycles. The molecule has 1 aliphatic rings. The Labute approximate surface area is 96.7 Å². The minimum atomic E-state index is -0.275. The average molecular weight is 223 g/mol. The second-order valence-electron chi connectivity index (χ2n) is 5.63. The molecule has 1 unspecified atom stereocenters. The zero-order chi connectivity index (χ0) is 11.8. The number of hydrogen-bond donors (Lipinski definition) is 1. The van der Waals surface area contributed by atoms with Crippen molar-refractivity contribution in [2.75, 3.05) is 0 Å². The lowest BCUT2D eigenvalue weighted by molar-refractivity contribution is 0.0996. The van der Waals surface area contributed by atoms with Gasteiger partial charge in [0, 0.05) is 13.0 Å². The molecule has 1 aromatic heterocycles. The first kappa shape index (κ1) is 11.6. The topological polar surface area (TPSA) is 50.9 Å². The molecule has 4 heteroatoms. The normalized spacial score (nSPS) is 20.1. The third kappa shape index (κ3) is 2.43. The van der Waals surface area contributed by atoms with Gasteiger partial charge in [-0.2, -0.15) is 5.10 Å². The van der Waals surface area contributed by atoms with Gasteiger partial charge in [-0.3, -0.25) is 0 Å². The smallest absolute Gasteiger partial charge is 0.138 e. The van der Waals surface area contributed by atoms with E-state index in [9.17, 15) is 5.11 Å². The largest absolute Gasteiger partial charge is 0.392 e. The van der Waals surface area contributed by atoms with Gasteiger partial charge in [-0.25, -0.2) is 9.67 Å². The zero-order valence-electron chi connectivity index (χ0n) is 10.3. The first-order valence-electron chi connectivity index (χ1n) is 6.06. The molecule has 4 nitrogen and oxygen atoms in total. The first-order valence-corrected chi connectivity index (χ1v) is 6.06. The van der Waals surface area contributed by atoms with E-state index in [2.05, 4.69) is 30.9 Å². The van der Waals surface area contributed by atoms with Gasteiger partial charge in [-0.05, 0) is 24.2 Å². The van der Waals surface area contributed by atoms with Crippen molar-refractivity contribution in [3.05, 3.63) is 12.2 Å². The fraction of sp³-hybridized carbons (Fsp3) is 0.833. The van der Waals surface area contributed by atoms with Crippen LogP contribution in [-0.4, -0.2) is 26.0 Å². The lowest BCUT2D eigenvalue weighted by Crippen LogP contribution is -2.24. The Morgan fingerprint density at radius 2 is 2.19 bits per heavy atom. The van der Waals surface area contributed by atoms with Crippen molar-refractivity contribution >= 4 is 0 Å². The van der Waals surface area contributed by atoms with Gasteiger partial charge < -0.3 is 5.11 Å². The van der Waals surface area contributed by atoms with Gasteiger partial charge in [0.25, 0.3) is 0 Å². The Balaban J connectivity index is 2.01. The fourth-order valence-electron chi connectivity index (χ4n) is 1.89. The number of hydrogen-bond acceptors (Lipinski definition) is 3. The lowest BCUT2D eigenvalue weighted by Gasteiger charge is -2.17. The Morgan fingerprint density at radius 1 is 1.50 bits per heavy atom. The van der Waals surface area contributed by atoms with E-state index in [0.29, 0.717) is 12.3 Å². The molecule has 1 heterocycles. The second kappa shape index (κ2) is 4.17. The molecule has 16 heavy (non-hydrogen) atoms. The molecule has 0 aliphatic heterocycles. The molecule has 1 aromatic rings. The Morgan fingerprint density at radius 3 is 2.75 bits per heavy atom. The van der Waals surface area contributed by atoms with E-state index >= 15 is 0 Å². The van der Waals surface area contributed by atoms with Gasteiger partial charge in [0.05, 0.1) is 6.10 Å². The third-order valence-corrected chi connectivity index (χ3v) is 3.45.